The van der Waals surface area contributed by atoms with Crippen molar-refractivity contribution in [2.45, 2.75) is 46.1 Å². The van der Waals surface area contributed by atoms with E-state index in [1.807, 2.05) is 24.8 Å². The molecule has 31 heavy (non-hydrogen) atoms. The predicted octanol–water partition coefficient (Wildman–Crippen LogP) is 3.15. The molecule has 2 N–H and O–H groups in total. The highest BCUT2D eigenvalue weighted by molar-refractivity contribution is 6.01. The van der Waals surface area contributed by atoms with Gasteiger partial charge in [0, 0.05) is 30.1 Å². The third-order valence-electron chi connectivity index (χ3n) is 5.59. The fourth-order valence-electron chi connectivity index (χ4n) is 3.72. The lowest BCUT2D eigenvalue weighted by molar-refractivity contribution is -0.132. The maximum absolute atomic E-state index is 12.0. The van der Waals surface area contributed by atoms with Crippen LogP contribution in [0.15, 0.2) is 24.4 Å². The minimum Gasteiger partial charge on any atom is -0.490 e. The van der Waals surface area contributed by atoms with Crippen LogP contribution in [0.4, 0.5) is 0 Å². The Morgan fingerprint density at radius 3 is 2.65 bits per heavy atom. The average Bonchev–Trinajstić information content (AvgIpc) is 2.72. The number of fused-ring (bicyclic) bond motifs is 1. The van der Waals surface area contributed by atoms with Crippen LogP contribution in [-0.4, -0.2) is 47.5 Å². The zero-order valence-corrected chi connectivity index (χ0v) is 18.3. The molecule has 1 aliphatic rings. The van der Waals surface area contributed by atoms with Crippen LogP contribution in [0.3, 0.4) is 0 Å². The lowest BCUT2D eigenvalue weighted by atomic mass is 9.81. The van der Waals surface area contributed by atoms with Gasteiger partial charge in [-0.2, -0.15) is 0 Å². The Hall–Kier alpha value is -3.27. The number of nitrogens with zero attached hydrogens (tertiary/aromatic N) is 2. The highest BCUT2D eigenvalue weighted by Gasteiger charge is 2.32. The van der Waals surface area contributed by atoms with Crippen molar-refractivity contribution in [3.05, 3.63) is 30.0 Å². The normalized spacial score (nSPS) is 15.5. The number of rotatable bonds is 7. The summed E-state index contributed by atoms with van der Waals surface area (Å²) >= 11 is 0. The Kier molecular flexibility index (Phi) is 6.69. The second kappa shape index (κ2) is 9.25. The van der Waals surface area contributed by atoms with Crippen LogP contribution in [0.2, 0.25) is 0 Å². The van der Waals surface area contributed by atoms with Crippen LogP contribution in [0.1, 0.15) is 50.4 Å². The van der Waals surface area contributed by atoms with Crippen LogP contribution in [0, 0.1) is 17.8 Å². The molecule has 0 atom stereocenters. The summed E-state index contributed by atoms with van der Waals surface area (Å²) in [5.41, 5.74) is 5.79. The van der Waals surface area contributed by atoms with E-state index in [1.165, 1.54) is 0 Å². The monoisotopic (exact) mass is 423 g/mol. The van der Waals surface area contributed by atoms with E-state index in [0.717, 1.165) is 23.6 Å². The van der Waals surface area contributed by atoms with Crippen LogP contribution < -0.4 is 15.2 Å². The summed E-state index contributed by atoms with van der Waals surface area (Å²) in [4.78, 5) is 30.1. The Bertz CT molecular complexity index is 1020. The van der Waals surface area contributed by atoms with Gasteiger partial charge in [0.05, 0.1) is 24.7 Å². The number of piperidine rings is 1. The van der Waals surface area contributed by atoms with E-state index in [-0.39, 0.29) is 23.8 Å². The summed E-state index contributed by atoms with van der Waals surface area (Å²) in [6, 6.07) is 5.29. The van der Waals surface area contributed by atoms with Gasteiger partial charge < -0.3 is 20.1 Å². The molecule has 1 aliphatic heterocycles. The predicted molar refractivity (Wildman–Crippen MR) is 119 cm³/mol. The molecule has 0 bridgehead atoms. The number of likely N-dealkylation sites (tertiary alicyclic amines) is 1. The van der Waals surface area contributed by atoms with Gasteiger partial charge in [0.1, 0.15) is 5.75 Å². The average molecular weight is 424 g/mol. The fourth-order valence-corrected chi connectivity index (χ4v) is 3.72. The number of aromatic nitrogens is 1. The number of benzene rings is 1. The number of carbonyl (C=O) groups is 2. The van der Waals surface area contributed by atoms with Crippen molar-refractivity contribution < 1.29 is 19.1 Å². The first-order valence-electron chi connectivity index (χ1n) is 10.5. The molecular weight excluding hydrogens is 394 g/mol. The molecular formula is C24H29N3O4. The molecule has 1 saturated heterocycles. The molecule has 0 spiro atoms. The third kappa shape index (κ3) is 5.26. The molecule has 0 saturated carbocycles. The summed E-state index contributed by atoms with van der Waals surface area (Å²) < 4.78 is 11.9. The number of hydrogen-bond donors (Lipinski definition) is 1. The molecule has 0 radical (unpaired) electrons. The topological polar surface area (TPSA) is 94.8 Å². The lowest BCUT2D eigenvalue weighted by Crippen LogP contribution is -2.44. The molecule has 7 nitrogen and oxygen atoms in total. The molecule has 0 unspecified atom stereocenters. The Labute approximate surface area is 182 Å². The van der Waals surface area contributed by atoms with Crippen molar-refractivity contribution in [2.75, 3.05) is 19.7 Å². The largest absolute Gasteiger partial charge is 0.490 e. The first kappa shape index (κ1) is 22.4. The van der Waals surface area contributed by atoms with Gasteiger partial charge in [-0.3, -0.25) is 9.59 Å². The first-order chi connectivity index (χ1) is 14.7. The molecule has 3 rings (SSSR count). The first-order valence-corrected chi connectivity index (χ1v) is 10.5. The van der Waals surface area contributed by atoms with Crippen molar-refractivity contribution in [2.24, 2.45) is 11.1 Å². The maximum atomic E-state index is 12.0. The van der Waals surface area contributed by atoms with Gasteiger partial charge in [-0.25, -0.2) is 4.98 Å². The number of nitrogens with two attached hydrogens (primary N) is 1. The van der Waals surface area contributed by atoms with Gasteiger partial charge in [0.15, 0.2) is 0 Å². The highest BCUT2D eigenvalue weighted by atomic mass is 16.5. The second-order valence-corrected chi connectivity index (χ2v) is 8.58. The molecule has 2 aromatic rings. The number of amides is 2. The lowest BCUT2D eigenvalue weighted by Gasteiger charge is -2.38. The molecule has 1 aromatic carbocycles. The van der Waals surface area contributed by atoms with E-state index < -0.39 is 5.91 Å². The van der Waals surface area contributed by atoms with E-state index in [9.17, 15) is 9.59 Å². The van der Waals surface area contributed by atoms with Crippen LogP contribution in [0.25, 0.3) is 10.8 Å². The standard InChI is InChI=1S/C24H29N3O4/c1-5-6-21(28)27-11-8-24(4,9-12-27)15-30-23-18-14-20(31-16(2)3)19(22(25)29)13-17(18)7-10-26-23/h1,7,10,13-14,16H,6,8-9,11-12,15H2,2-4H3,(H2,25,29). The van der Waals surface area contributed by atoms with Crippen molar-refractivity contribution >= 4 is 22.6 Å². The molecule has 7 heteroatoms. The van der Waals surface area contributed by atoms with Gasteiger partial charge in [-0.15, -0.1) is 6.42 Å². The van der Waals surface area contributed by atoms with E-state index >= 15 is 0 Å². The van der Waals surface area contributed by atoms with E-state index in [4.69, 9.17) is 21.6 Å². The molecule has 1 aromatic heterocycles. The van der Waals surface area contributed by atoms with Gasteiger partial charge >= 0.3 is 0 Å². The molecule has 0 aliphatic carbocycles. The third-order valence-corrected chi connectivity index (χ3v) is 5.59. The number of pyridine rings is 1. The number of terminal acetylenes is 1. The highest BCUT2D eigenvalue weighted by Crippen LogP contribution is 2.35. The SMILES string of the molecule is C#CCC(=O)N1CCC(C)(COc2nccc3cc(C(N)=O)c(OC(C)C)cc23)CC1. The van der Waals surface area contributed by atoms with Crippen LogP contribution >= 0.6 is 0 Å². The zero-order valence-electron chi connectivity index (χ0n) is 18.3. The van der Waals surface area contributed by atoms with Crippen LogP contribution in [0.5, 0.6) is 11.6 Å². The summed E-state index contributed by atoms with van der Waals surface area (Å²) in [6.07, 6.45) is 8.57. The van der Waals surface area contributed by atoms with Crippen molar-refractivity contribution in [3.8, 4) is 24.0 Å². The smallest absolute Gasteiger partial charge is 0.252 e. The van der Waals surface area contributed by atoms with Crippen LogP contribution in [-0.2, 0) is 4.79 Å². The van der Waals surface area contributed by atoms with Gasteiger partial charge in [-0.05, 0) is 50.3 Å². The van der Waals surface area contributed by atoms with Crippen molar-refractivity contribution in [1.82, 2.24) is 9.88 Å². The molecule has 2 heterocycles. The number of hydrogen-bond acceptors (Lipinski definition) is 5. The van der Waals surface area contributed by atoms with E-state index in [1.54, 1.807) is 18.3 Å². The number of carbonyl (C=O) groups excluding carboxylic acids is 2. The zero-order chi connectivity index (χ0) is 22.6. The minimum absolute atomic E-state index is 0.00382. The summed E-state index contributed by atoms with van der Waals surface area (Å²) in [7, 11) is 0. The molecule has 1 fully saturated rings. The summed E-state index contributed by atoms with van der Waals surface area (Å²) in [6.45, 7) is 7.72. The molecule has 164 valence electrons. The Morgan fingerprint density at radius 1 is 1.32 bits per heavy atom. The summed E-state index contributed by atoms with van der Waals surface area (Å²) in [5.74, 6) is 2.77. The van der Waals surface area contributed by atoms with Gasteiger partial charge in [0.2, 0.25) is 11.8 Å². The maximum Gasteiger partial charge on any atom is 0.252 e. The van der Waals surface area contributed by atoms with Crippen molar-refractivity contribution in [1.29, 1.82) is 0 Å². The molecule has 2 amide bonds. The van der Waals surface area contributed by atoms with Gasteiger partial charge in [0.25, 0.3) is 5.91 Å². The quantitative estimate of drug-likeness (QED) is 0.691. The summed E-state index contributed by atoms with van der Waals surface area (Å²) in [5, 5.41) is 1.56. The minimum atomic E-state index is -0.546. The number of ether oxygens (including phenoxy) is 2. The van der Waals surface area contributed by atoms with E-state index in [2.05, 4.69) is 17.8 Å². The van der Waals surface area contributed by atoms with Crippen molar-refractivity contribution in [3.63, 3.8) is 0 Å². The Balaban J connectivity index is 1.78. The number of primary amides is 1. The fraction of sp³-hybridized carbons (Fsp3) is 0.458. The Morgan fingerprint density at radius 2 is 2.03 bits per heavy atom. The van der Waals surface area contributed by atoms with E-state index in [0.29, 0.717) is 36.9 Å². The second-order valence-electron chi connectivity index (χ2n) is 8.58. The van der Waals surface area contributed by atoms with Gasteiger partial charge in [-0.1, -0.05) is 12.8 Å².